The molecule has 1 saturated carbocycles. The van der Waals surface area contributed by atoms with Gasteiger partial charge in [-0.1, -0.05) is 19.3 Å². The highest BCUT2D eigenvalue weighted by Crippen LogP contribution is 2.25. The van der Waals surface area contributed by atoms with Gasteiger partial charge in [-0.25, -0.2) is 0 Å². The van der Waals surface area contributed by atoms with Gasteiger partial charge in [0.15, 0.2) is 0 Å². The molecule has 1 aliphatic rings. The van der Waals surface area contributed by atoms with Crippen molar-refractivity contribution >= 4 is 5.78 Å². The fourth-order valence-corrected chi connectivity index (χ4v) is 1.83. The molecule has 0 atom stereocenters. The lowest BCUT2D eigenvalue weighted by molar-refractivity contribution is -0.478. The molecule has 0 heterocycles. The van der Waals surface area contributed by atoms with Gasteiger partial charge in [-0.15, -0.1) is 0 Å². The molecule has 0 spiro atoms. The number of carbonyl (C=O) groups excluding carboxylic acids is 1. The standard InChI is InChI=1S/C9H15NO3/c11-9(6-7-10(12)13)8-4-2-1-3-5-8/h8H,1-7H2. The molecule has 0 aromatic rings. The SMILES string of the molecule is O=C(CC[N+](=O)[O-])C1CCCCC1. The zero-order valence-electron chi connectivity index (χ0n) is 7.70. The molecule has 0 N–H and O–H groups in total. The van der Waals surface area contributed by atoms with Crippen LogP contribution < -0.4 is 0 Å². The van der Waals surface area contributed by atoms with Crippen LogP contribution in [0.5, 0.6) is 0 Å². The monoisotopic (exact) mass is 185 g/mol. The van der Waals surface area contributed by atoms with Crippen molar-refractivity contribution < 1.29 is 9.72 Å². The summed E-state index contributed by atoms with van der Waals surface area (Å²) in [4.78, 5) is 21.0. The Hall–Kier alpha value is -0.930. The van der Waals surface area contributed by atoms with E-state index >= 15 is 0 Å². The number of hydrogen-bond acceptors (Lipinski definition) is 3. The van der Waals surface area contributed by atoms with Crippen LogP contribution in [0.3, 0.4) is 0 Å². The van der Waals surface area contributed by atoms with E-state index in [1.165, 1.54) is 6.42 Å². The van der Waals surface area contributed by atoms with Gasteiger partial charge in [0, 0.05) is 10.8 Å². The minimum absolute atomic E-state index is 0.0939. The maximum Gasteiger partial charge on any atom is 0.210 e. The van der Waals surface area contributed by atoms with Crippen molar-refractivity contribution in [1.82, 2.24) is 0 Å². The van der Waals surface area contributed by atoms with E-state index < -0.39 is 4.92 Å². The number of rotatable bonds is 4. The van der Waals surface area contributed by atoms with Gasteiger partial charge < -0.3 is 0 Å². The molecule has 0 bridgehead atoms. The van der Waals surface area contributed by atoms with Gasteiger partial charge in [-0.2, -0.15) is 0 Å². The second-order valence-electron chi connectivity index (χ2n) is 3.61. The van der Waals surface area contributed by atoms with Crippen molar-refractivity contribution in [2.75, 3.05) is 6.54 Å². The quantitative estimate of drug-likeness (QED) is 0.495. The molecule has 0 saturated heterocycles. The summed E-state index contributed by atoms with van der Waals surface area (Å²) in [6.07, 6.45) is 5.42. The normalized spacial score (nSPS) is 18.5. The number of nitro groups is 1. The van der Waals surface area contributed by atoms with Crippen LogP contribution in [-0.4, -0.2) is 17.3 Å². The Bertz CT molecular complexity index is 197. The van der Waals surface area contributed by atoms with Crippen LogP contribution in [0.15, 0.2) is 0 Å². The number of Topliss-reactive ketones (excluding diaryl/α,β-unsaturated/α-hetero) is 1. The summed E-state index contributed by atoms with van der Waals surface area (Å²) in [7, 11) is 0. The number of nitrogens with zero attached hydrogens (tertiary/aromatic N) is 1. The topological polar surface area (TPSA) is 60.2 Å². The van der Waals surface area contributed by atoms with Gasteiger partial charge in [0.2, 0.25) is 6.54 Å². The second kappa shape index (κ2) is 4.94. The van der Waals surface area contributed by atoms with Crippen molar-refractivity contribution in [3.8, 4) is 0 Å². The van der Waals surface area contributed by atoms with Crippen LogP contribution in [0.25, 0.3) is 0 Å². The molecule has 0 radical (unpaired) electrons. The molecular weight excluding hydrogens is 170 g/mol. The predicted octanol–water partition coefficient (Wildman–Crippen LogP) is 1.80. The Morgan fingerprint density at radius 2 is 1.92 bits per heavy atom. The third-order valence-corrected chi connectivity index (χ3v) is 2.60. The molecule has 0 amide bonds. The fraction of sp³-hybridized carbons (Fsp3) is 0.889. The highest BCUT2D eigenvalue weighted by atomic mass is 16.6. The lowest BCUT2D eigenvalue weighted by Crippen LogP contribution is -2.20. The van der Waals surface area contributed by atoms with Crippen LogP contribution in [-0.2, 0) is 4.79 Å². The maximum atomic E-state index is 11.4. The van der Waals surface area contributed by atoms with Gasteiger partial charge in [-0.05, 0) is 12.8 Å². The average molecular weight is 185 g/mol. The first-order chi connectivity index (χ1) is 6.20. The third-order valence-electron chi connectivity index (χ3n) is 2.60. The molecule has 74 valence electrons. The van der Waals surface area contributed by atoms with E-state index in [-0.39, 0.29) is 24.7 Å². The molecule has 1 rings (SSSR count). The Morgan fingerprint density at radius 3 is 2.46 bits per heavy atom. The molecule has 0 aromatic carbocycles. The summed E-state index contributed by atoms with van der Waals surface area (Å²) in [5, 5.41) is 10.0. The molecule has 13 heavy (non-hydrogen) atoms. The molecular formula is C9H15NO3. The zero-order chi connectivity index (χ0) is 9.68. The first kappa shape index (κ1) is 10.2. The number of hydrogen-bond donors (Lipinski definition) is 0. The van der Waals surface area contributed by atoms with Gasteiger partial charge in [0.1, 0.15) is 5.78 Å². The summed E-state index contributed by atoms with van der Waals surface area (Å²) in [6.45, 7) is -0.199. The zero-order valence-corrected chi connectivity index (χ0v) is 7.70. The van der Waals surface area contributed by atoms with E-state index in [2.05, 4.69) is 0 Å². The van der Waals surface area contributed by atoms with E-state index in [1.54, 1.807) is 0 Å². The first-order valence-electron chi connectivity index (χ1n) is 4.84. The van der Waals surface area contributed by atoms with E-state index in [0.29, 0.717) is 0 Å². The number of ketones is 1. The minimum Gasteiger partial charge on any atom is -0.299 e. The van der Waals surface area contributed by atoms with Crippen molar-refractivity contribution in [3.05, 3.63) is 10.1 Å². The van der Waals surface area contributed by atoms with E-state index in [1.807, 2.05) is 0 Å². The molecule has 0 unspecified atom stereocenters. The van der Waals surface area contributed by atoms with Crippen LogP contribution >= 0.6 is 0 Å². The second-order valence-corrected chi connectivity index (χ2v) is 3.61. The smallest absolute Gasteiger partial charge is 0.210 e. The van der Waals surface area contributed by atoms with Crippen molar-refractivity contribution in [3.63, 3.8) is 0 Å². The Kier molecular flexibility index (Phi) is 3.86. The first-order valence-corrected chi connectivity index (χ1v) is 4.84. The largest absolute Gasteiger partial charge is 0.299 e. The summed E-state index contributed by atoms with van der Waals surface area (Å²) in [6, 6.07) is 0. The van der Waals surface area contributed by atoms with E-state index in [9.17, 15) is 14.9 Å². The van der Waals surface area contributed by atoms with Gasteiger partial charge in [-0.3, -0.25) is 14.9 Å². The highest BCUT2D eigenvalue weighted by molar-refractivity contribution is 5.81. The van der Waals surface area contributed by atoms with Crippen LogP contribution in [0.2, 0.25) is 0 Å². The lowest BCUT2D eigenvalue weighted by atomic mass is 9.85. The van der Waals surface area contributed by atoms with Crippen molar-refractivity contribution in [2.24, 2.45) is 5.92 Å². The Morgan fingerprint density at radius 1 is 1.31 bits per heavy atom. The molecule has 1 fully saturated rings. The predicted molar refractivity (Wildman–Crippen MR) is 48.1 cm³/mol. The summed E-state index contributed by atoms with van der Waals surface area (Å²) in [5.74, 6) is 0.213. The lowest BCUT2D eigenvalue weighted by Gasteiger charge is -2.19. The molecule has 4 heteroatoms. The highest BCUT2D eigenvalue weighted by Gasteiger charge is 2.21. The third kappa shape index (κ3) is 3.53. The molecule has 0 aromatic heterocycles. The minimum atomic E-state index is -0.416. The molecule has 0 aliphatic heterocycles. The van der Waals surface area contributed by atoms with E-state index in [4.69, 9.17) is 0 Å². The van der Waals surface area contributed by atoms with Gasteiger partial charge >= 0.3 is 0 Å². The van der Waals surface area contributed by atoms with Crippen LogP contribution in [0.1, 0.15) is 38.5 Å². The van der Waals surface area contributed by atoms with Crippen LogP contribution in [0, 0.1) is 16.0 Å². The summed E-state index contributed by atoms with van der Waals surface area (Å²) < 4.78 is 0. The van der Waals surface area contributed by atoms with E-state index in [0.717, 1.165) is 25.7 Å². The van der Waals surface area contributed by atoms with Gasteiger partial charge in [0.25, 0.3) is 0 Å². The molecule has 4 nitrogen and oxygen atoms in total. The summed E-state index contributed by atoms with van der Waals surface area (Å²) >= 11 is 0. The Balaban J connectivity index is 2.25. The summed E-state index contributed by atoms with van der Waals surface area (Å²) in [5.41, 5.74) is 0. The van der Waals surface area contributed by atoms with Gasteiger partial charge in [0.05, 0.1) is 6.42 Å². The number of carbonyl (C=O) groups is 1. The molecule has 1 aliphatic carbocycles. The maximum absolute atomic E-state index is 11.4. The average Bonchev–Trinajstić information content (AvgIpc) is 2.15. The van der Waals surface area contributed by atoms with Crippen LogP contribution in [0.4, 0.5) is 0 Å². The van der Waals surface area contributed by atoms with Crippen molar-refractivity contribution in [2.45, 2.75) is 38.5 Å². The Labute approximate surface area is 77.5 Å². The van der Waals surface area contributed by atoms with Crippen molar-refractivity contribution in [1.29, 1.82) is 0 Å². The fourth-order valence-electron chi connectivity index (χ4n) is 1.83.